The second-order valence-electron chi connectivity index (χ2n) is 4.56. The quantitative estimate of drug-likeness (QED) is 0.556. The van der Waals surface area contributed by atoms with E-state index in [4.69, 9.17) is 4.74 Å². The number of esters is 1. The van der Waals surface area contributed by atoms with E-state index < -0.39 is 0 Å². The molecule has 1 aliphatic carbocycles. The van der Waals surface area contributed by atoms with Crippen LogP contribution in [0, 0.1) is 5.41 Å². The Morgan fingerprint density at radius 1 is 1.62 bits per heavy atom. The summed E-state index contributed by atoms with van der Waals surface area (Å²) < 4.78 is 5.31. The van der Waals surface area contributed by atoms with E-state index >= 15 is 0 Å². The smallest absolute Gasteiger partial charge is 0.303 e. The number of allylic oxidation sites excluding steroid dienone is 1. The molecule has 0 N–H and O–H groups in total. The molecule has 0 fully saturated rings. The maximum absolute atomic E-state index is 11.0. The summed E-state index contributed by atoms with van der Waals surface area (Å²) in [5, 5.41) is 0. The van der Waals surface area contributed by atoms with Gasteiger partial charge in [-0.1, -0.05) is 51.8 Å². The topological polar surface area (TPSA) is 26.3 Å². The molecule has 0 heterocycles. The van der Waals surface area contributed by atoms with Crippen molar-refractivity contribution in [2.75, 3.05) is 0 Å². The van der Waals surface area contributed by atoms with Crippen molar-refractivity contribution in [1.29, 1.82) is 0 Å². The van der Waals surface area contributed by atoms with Gasteiger partial charge in [0.1, 0.15) is 6.10 Å². The van der Waals surface area contributed by atoms with E-state index in [1.54, 1.807) is 4.99 Å². The Morgan fingerprint density at radius 2 is 2.25 bits per heavy atom. The van der Waals surface area contributed by atoms with E-state index in [0.717, 1.165) is 12.0 Å². The minimum atomic E-state index is -0.238. The summed E-state index contributed by atoms with van der Waals surface area (Å²) in [7, 11) is 0. The highest BCUT2D eigenvalue weighted by Crippen LogP contribution is 2.40. The third-order valence-electron chi connectivity index (χ3n) is 2.70. The zero-order valence-corrected chi connectivity index (χ0v) is 12.8. The zero-order chi connectivity index (χ0) is 12.3. The van der Waals surface area contributed by atoms with E-state index in [9.17, 15) is 4.79 Å². The van der Waals surface area contributed by atoms with E-state index in [1.807, 2.05) is 6.08 Å². The molecule has 90 valence electrons. The highest BCUT2D eigenvalue weighted by molar-refractivity contribution is 9.11. The molecule has 1 aliphatic rings. The molecule has 16 heavy (non-hydrogen) atoms. The number of hydrogen-bond donors (Lipinski definition) is 0. The summed E-state index contributed by atoms with van der Waals surface area (Å²) in [6.45, 7) is 5.77. The summed E-state index contributed by atoms with van der Waals surface area (Å²) >= 11 is 6.90. The van der Waals surface area contributed by atoms with Gasteiger partial charge in [0.15, 0.2) is 0 Å². The molecule has 0 bridgehead atoms. The summed E-state index contributed by atoms with van der Waals surface area (Å²) in [6, 6.07) is 0. The van der Waals surface area contributed by atoms with Crippen molar-refractivity contribution in [3.63, 3.8) is 0 Å². The number of hydrogen-bond acceptors (Lipinski definition) is 2. The highest BCUT2D eigenvalue weighted by atomic mass is 79.9. The predicted molar refractivity (Wildman–Crippen MR) is 72.8 cm³/mol. The molecule has 0 amide bonds. The second kappa shape index (κ2) is 5.50. The lowest BCUT2D eigenvalue weighted by Gasteiger charge is -2.36. The first-order valence-corrected chi connectivity index (χ1v) is 7.00. The molecule has 4 heteroatoms. The SMILES string of the molecule is CC(=O)O[C@@H]1C[C@H](Br)C(C)(C)C=C1/C=C/Br. The van der Waals surface area contributed by atoms with Crippen LogP contribution in [0.3, 0.4) is 0 Å². The van der Waals surface area contributed by atoms with Crippen LogP contribution < -0.4 is 0 Å². The fourth-order valence-corrected chi connectivity index (χ4v) is 2.56. The predicted octanol–water partition coefficient (Wildman–Crippen LogP) is 3.95. The van der Waals surface area contributed by atoms with Crippen molar-refractivity contribution < 1.29 is 9.53 Å². The first-order valence-electron chi connectivity index (χ1n) is 5.17. The van der Waals surface area contributed by atoms with Crippen LogP contribution in [0.5, 0.6) is 0 Å². The van der Waals surface area contributed by atoms with Crippen LogP contribution in [-0.2, 0) is 9.53 Å². The number of carbonyl (C=O) groups is 1. The van der Waals surface area contributed by atoms with Crippen LogP contribution in [0.2, 0.25) is 0 Å². The van der Waals surface area contributed by atoms with Gasteiger partial charge in [-0.15, -0.1) is 0 Å². The Kier molecular flexibility index (Phi) is 4.80. The van der Waals surface area contributed by atoms with Crippen LogP contribution >= 0.6 is 31.9 Å². The lowest BCUT2D eigenvalue weighted by Crippen LogP contribution is -2.35. The molecule has 0 radical (unpaired) electrons. The van der Waals surface area contributed by atoms with Gasteiger partial charge in [0.05, 0.1) is 0 Å². The Balaban J connectivity index is 2.97. The van der Waals surface area contributed by atoms with Crippen molar-refractivity contribution in [3.8, 4) is 0 Å². The molecule has 0 aromatic carbocycles. The van der Waals surface area contributed by atoms with E-state index in [2.05, 4.69) is 51.8 Å². The Hall–Kier alpha value is -0.0900. The van der Waals surface area contributed by atoms with Gasteiger partial charge in [0.25, 0.3) is 0 Å². The van der Waals surface area contributed by atoms with Crippen LogP contribution in [-0.4, -0.2) is 16.9 Å². The van der Waals surface area contributed by atoms with Gasteiger partial charge in [0.2, 0.25) is 0 Å². The zero-order valence-electron chi connectivity index (χ0n) is 9.67. The summed E-state index contributed by atoms with van der Waals surface area (Å²) in [6.07, 6.45) is 4.74. The van der Waals surface area contributed by atoms with E-state index in [-0.39, 0.29) is 17.5 Å². The fraction of sp³-hybridized carbons (Fsp3) is 0.583. The Bertz CT molecular complexity index is 332. The molecule has 2 nitrogen and oxygen atoms in total. The van der Waals surface area contributed by atoms with Gasteiger partial charge in [-0.3, -0.25) is 4.79 Å². The number of carbonyl (C=O) groups excluding carboxylic acids is 1. The minimum Gasteiger partial charge on any atom is -0.458 e. The lowest BCUT2D eigenvalue weighted by molar-refractivity contribution is -0.145. The van der Waals surface area contributed by atoms with Crippen molar-refractivity contribution >= 4 is 37.8 Å². The van der Waals surface area contributed by atoms with Crippen molar-refractivity contribution in [1.82, 2.24) is 0 Å². The molecule has 2 atom stereocenters. The van der Waals surface area contributed by atoms with Crippen LogP contribution in [0.4, 0.5) is 0 Å². The molecule has 0 saturated carbocycles. The average Bonchev–Trinajstić information content (AvgIpc) is 2.13. The largest absolute Gasteiger partial charge is 0.458 e. The molecule has 0 aliphatic heterocycles. The number of ether oxygens (including phenoxy) is 1. The third kappa shape index (κ3) is 3.45. The van der Waals surface area contributed by atoms with Crippen molar-refractivity contribution in [2.24, 2.45) is 5.41 Å². The summed E-state index contributed by atoms with van der Waals surface area (Å²) in [4.78, 5) is 13.1. The van der Waals surface area contributed by atoms with Crippen LogP contribution in [0.1, 0.15) is 27.2 Å². The molecular weight excluding hydrogens is 336 g/mol. The van der Waals surface area contributed by atoms with Gasteiger partial charge in [-0.05, 0) is 22.0 Å². The third-order valence-corrected chi connectivity index (χ3v) is 4.52. The first kappa shape index (κ1) is 14.0. The maximum Gasteiger partial charge on any atom is 0.303 e. The second-order valence-corrected chi connectivity index (χ2v) is 6.19. The Labute approximate surface area is 113 Å². The van der Waals surface area contributed by atoms with Crippen molar-refractivity contribution in [2.45, 2.75) is 38.1 Å². The Morgan fingerprint density at radius 3 is 2.75 bits per heavy atom. The summed E-state index contributed by atoms with van der Waals surface area (Å²) in [5.41, 5.74) is 1.12. The van der Waals surface area contributed by atoms with Crippen LogP contribution in [0.25, 0.3) is 0 Å². The number of halogens is 2. The van der Waals surface area contributed by atoms with E-state index in [0.29, 0.717) is 4.83 Å². The standard InChI is InChI=1S/C12H16Br2O2/c1-8(15)16-10-6-11(14)12(2,3)7-9(10)4-5-13/h4-5,7,10-11H,6H2,1-3H3/b5-4+/t10-,11+/m1/s1. The molecule has 0 aromatic rings. The summed E-state index contributed by atoms with van der Waals surface area (Å²) in [5.74, 6) is -0.238. The molecule has 0 saturated heterocycles. The normalized spacial score (nSPS) is 28.9. The van der Waals surface area contributed by atoms with Gasteiger partial charge >= 0.3 is 5.97 Å². The number of alkyl halides is 1. The monoisotopic (exact) mass is 350 g/mol. The average molecular weight is 352 g/mol. The van der Waals surface area contributed by atoms with Gasteiger partial charge in [-0.2, -0.15) is 0 Å². The molecule has 0 unspecified atom stereocenters. The highest BCUT2D eigenvalue weighted by Gasteiger charge is 2.35. The lowest BCUT2D eigenvalue weighted by atomic mass is 9.78. The van der Waals surface area contributed by atoms with Gasteiger partial charge in [-0.25, -0.2) is 0 Å². The molecule has 1 rings (SSSR count). The maximum atomic E-state index is 11.0. The molecule has 0 spiro atoms. The van der Waals surface area contributed by atoms with Gasteiger partial charge < -0.3 is 4.74 Å². The molecular formula is C12H16Br2O2. The number of rotatable bonds is 2. The first-order chi connectivity index (χ1) is 7.36. The molecule has 0 aromatic heterocycles. The van der Waals surface area contributed by atoms with Gasteiger partial charge in [0, 0.05) is 18.2 Å². The fourth-order valence-electron chi connectivity index (χ4n) is 1.79. The van der Waals surface area contributed by atoms with Crippen LogP contribution in [0.15, 0.2) is 22.7 Å². The minimum absolute atomic E-state index is 0.0679. The van der Waals surface area contributed by atoms with E-state index in [1.165, 1.54) is 6.92 Å². The van der Waals surface area contributed by atoms with Crippen molar-refractivity contribution in [3.05, 3.63) is 22.7 Å².